The average molecular weight is 475 g/mol. The van der Waals surface area contributed by atoms with Crippen molar-refractivity contribution in [1.29, 1.82) is 0 Å². The minimum Gasteiger partial charge on any atom is -0.491 e. The highest BCUT2D eigenvalue weighted by atomic mass is 16.6. The third kappa shape index (κ3) is 6.16. The molecular formula is C29H46O5. The molecular weight excluding hydrogens is 428 g/mol. The lowest BCUT2D eigenvalue weighted by atomic mass is 9.55. The minimum absolute atomic E-state index is 0.0991. The van der Waals surface area contributed by atoms with Crippen LogP contribution < -0.4 is 4.74 Å². The van der Waals surface area contributed by atoms with Crippen LogP contribution in [0.15, 0.2) is 18.2 Å². The molecule has 0 amide bonds. The Bertz CT molecular complexity index is 765. The van der Waals surface area contributed by atoms with Gasteiger partial charge in [0.15, 0.2) is 0 Å². The van der Waals surface area contributed by atoms with E-state index in [0.29, 0.717) is 57.4 Å². The van der Waals surface area contributed by atoms with Crippen molar-refractivity contribution in [3.63, 3.8) is 0 Å². The lowest BCUT2D eigenvalue weighted by molar-refractivity contribution is -0.0226. The first-order valence-electron chi connectivity index (χ1n) is 13.7. The van der Waals surface area contributed by atoms with Gasteiger partial charge in [-0.05, 0) is 97.3 Å². The number of benzene rings is 1. The molecule has 3 unspecified atom stereocenters. The molecule has 2 saturated carbocycles. The average Bonchev–Trinajstić information content (AvgIpc) is 3.13. The molecule has 3 aliphatic rings. The number of ether oxygens (including phenoxy) is 4. The summed E-state index contributed by atoms with van der Waals surface area (Å²) in [6.07, 6.45) is 7.94. The van der Waals surface area contributed by atoms with Crippen LogP contribution in [0.2, 0.25) is 0 Å². The van der Waals surface area contributed by atoms with Gasteiger partial charge in [0.25, 0.3) is 0 Å². The summed E-state index contributed by atoms with van der Waals surface area (Å²) in [5.41, 5.74) is 3.15. The van der Waals surface area contributed by atoms with Crippen molar-refractivity contribution in [2.24, 2.45) is 23.2 Å². The standard InChI is InChI=1S/C29H46O5/c1-21(2)11-13-31-14-15-32-16-17-33-18-19-34-23-5-7-24-22(20-23)4-6-26-25(24)10-12-29(3)27(26)8-9-28(29)30/h5,7,20-21,25-28,30H,4,6,8-19H2,1-3H3/t25-,26?,27+,28?,29?/m1/s1. The first-order chi connectivity index (χ1) is 16.5. The van der Waals surface area contributed by atoms with E-state index in [4.69, 9.17) is 18.9 Å². The Labute approximate surface area is 206 Å². The van der Waals surface area contributed by atoms with Gasteiger partial charge in [-0.2, -0.15) is 0 Å². The molecule has 0 spiro atoms. The second kappa shape index (κ2) is 12.2. The summed E-state index contributed by atoms with van der Waals surface area (Å²) < 4.78 is 22.7. The van der Waals surface area contributed by atoms with Crippen LogP contribution in [0, 0.1) is 23.2 Å². The van der Waals surface area contributed by atoms with Gasteiger partial charge in [0, 0.05) is 6.61 Å². The SMILES string of the molecule is CC(C)CCOCCOCCOCCOc1ccc2c(c1)CCC1[C@@H]2CCC2(C)C(O)CC[C@@H]12. The summed E-state index contributed by atoms with van der Waals surface area (Å²) >= 11 is 0. The number of aliphatic hydroxyl groups excluding tert-OH is 1. The van der Waals surface area contributed by atoms with Crippen molar-refractivity contribution >= 4 is 0 Å². The summed E-state index contributed by atoms with van der Waals surface area (Å²) in [4.78, 5) is 0. The molecule has 1 aromatic rings. The van der Waals surface area contributed by atoms with E-state index in [9.17, 15) is 5.11 Å². The fraction of sp³-hybridized carbons (Fsp3) is 0.793. The van der Waals surface area contributed by atoms with E-state index < -0.39 is 0 Å². The van der Waals surface area contributed by atoms with E-state index in [-0.39, 0.29) is 11.5 Å². The highest BCUT2D eigenvalue weighted by molar-refractivity contribution is 5.40. The molecule has 4 rings (SSSR count). The molecule has 34 heavy (non-hydrogen) atoms. The zero-order chi connectivity index (χ0) is 24.0. The van der Waals surface area contributed by atoms with Crippen LogP contribution in [0.1, 0.15) is 76.3 Å². The van der Waals surface area contributed by atoms with Crippen molar-refractivity contribution in [2.45, 2.75) is 77.7 Å². The Morgan fingerprint density at radius 2 is 1.62 bits per heavy atom. The zero-order valence-electron chi connectivity index (χ0n) is 21.6. The predicted octanol–water partition coefficient (Wildman–Crippen LogP) is 5.38. The largest absolute Gasteiger partial charge is 0.491 e. The number of rotatable bonds is 13. The van der Waals surface area contributed by atoms with Gasteiger partial charge >= 0.3 is 0 Å². The van der Waals surface area contributed by atoms with Crippen LogP contribution in [0.4, 0.5) is 0 Å². The second-order valence-corrected chi connectivity index (χ2v) is 11.3. The molecule has 0 saturated heterocycles. The monoisotopic (exact) mass is 474 g/mol. The normalized spacial score (nSPS) is 30.1. The van der Waals surface area contributed by atoms with Crippen molar-refractivity contribution in [3.8, 4) is 5.75 Å². The maximum atomic E-state index is 10.6. The van der Waals surface area contributed by atoms with Crippen molar-refractivity contribution in [1.82, 2.24) is 0 Å². The van der Waals surface area contributed by atoms with Crippen molar-refractivity contribution in [2.75, 3.05) is 46.2 Å². The summed E-state index contributed by atoms with van der Waals surface area (Å²) in [6.45, 7) is 11.1. The van der Waals surface area contributed by atoms with Gasteiger partial charge < -0.3 is 24.1 Å². The van der Waals surface area contributed by atoms with Crippen LogP contribution in [-0.4, -0.2) is 57.5 Å². The molecule has 0 radical (unpaired) electrons. The Hall–Kier alpha value is -1.14. The molecule has 0 heterocycles. The zero-order valence-corrected chi connectivity index (χ0v) is 21.6. The van der Waals surface area contributed by atoms with Crippen LogP contribution in [0.3, 0.4) is 0 Å². The van der Waals surface area contributed by atoms with Crippen LogP contribution in [0.5, 0.6) is 5.75 Å². The lowest BCUT2D eigenvalue weighted by Crippen LogP contribution is -2.43. The first kappa shape index (κ1) is 25.9. The highest BCUT2D eigenvalue weighted by Crippen LogP contribution is 2.60. The van der Waals surface area contributed by atoms with Gasteiger partial charge in [-0.1, -0.05) is 26.8 Å². The maximum Gasteiger partial charge on any atom is 0.119 e. The molecule has 0 aliphatic heterocycles. The van der Waals surface area contributed by atoms with Gasteiger partial charge in [-0.3, -0.25) is 0 Å². The van der Waals surface area contributed by atoms with Crippen molar-refractivity contribution in [3.05, 3.63) is 29.3 Å². The Balaban J connectivity index is 1.12. The summed E-state index contributed by atoms with van der Waals surface area (Å²) in [5.74, 6) is 3.71. The molecule has 5 nitrogen and oxygen atoms in total. The Morgan fingerprint density at radius 1 is 0.912 bits per heavy atom. The minimum atomic E-state index is -0.0991. The summed E-state index contributed by atoms with van der Waals surface area (Å²) in [7, 11) is 0. The van der Waals surface area contributed by atoms with E-state index in [1.807, 2.05) is 0 Å². The van der Waals surface area contributed by atoms with E-state index in [0.717, 1.165) is 44.0 Å². The van der Waals surface area contributed by atoms with E-state index in [1.165, 1.54) is 30.4 Å². The Kier molecular flexibility index (Phi) is 9.31. The van der Waals surface area contributed by atoms with Crippen LogP contribution in [0.25, 0.3) is 0 Å². The number of aliphatic hydroxyl groups is 1. The quantitative estimate of drug-likeness (QED) is 0.389. The van der Waals surface area contributed by atoms with Crippen LogP contribution in [-0.2, 0) is 20.6 Å². The summed E-state index contributed by atoms with van der Waals surface area (Å²) in [6, 6.07) is 6.71. The second-order valence-electron chi connectivity index (χ2n) is 11.3. The van der Waals surface area contributed by atoms with Gasteiger partial charge in [0.1, 0.15) is 12.4 Å². The topological polar surface area (TPSA) is 57.2 Å². The van der Waals surface area contributed by atoms with Gasteiger partial charge in [-0.25, -0.2) is 0 Å². The molecule has 3 aliphatic carbocycles. The van der Waals surface area contributed by atoms with E-state index in [2.05, 4.69) is 39.0 Å². The third-order valence-corrected chi connectivity index (χ3v) is 8.73. The maximum absolute atomic E-state index is 10.6. The molecule has 0 bridgehead atoms. The fourth-order valence-corrected chi connectivity index (χ4v) is 6.70. The number of aryl methyl sites for hydroxylation is 1. The smallest absolute Gasteiger partial charge is 0.119 e. The Morgan fingerprint density at radius 3 is 2.35 bits per heavy atom. The number of fused-ring (bicyclic) bond motifs is 5. The molecule has 2 fully saturated rings. The lowest BCUT2D eigenvalue weighted by Gasteiger charge is -2.50. The van der Waals surface area contributed by atoms with Gasteiger partial charge in [0.2, 0.25) is 0 Å². The first-order valence-corrected chi connectivity index (χ1v) is 13.7. The number of hydrogen-bond donors (Lipinski definition) is 1. The molecule has 0 aromatic heterocycles. The van der Waals surface area contributed by atoms with Crippen LogP contribution >= 0.6 is 0 Å². The third-order valence-electron chi connectivity index (χ3n) is 8.73. The van der Waals surface area contributed by atoms with E-state index >= 15 is 0 Å². The van der Waals surface area contributed by atoms with Gasteiger partial charge in [-0.15, -0.1) is 0 Å². The molecule has 1 N–H and O–H groups in total. The van der Waals surface area contributed by atoms with Gasteiger partial charge in [0.05, 0.1) is 39.1 Å². The molecule has 192 valence electrons. The fourth-order valence-electron chi connectivity index (χ4n) is 6.70. The number of hydrogen-bond acceptors (Lipinski definition) is 5. The van der Waals surface area contributed by atoms with E-state index in [1.54, 1.807) is 0 Å². The predicted molar refractivity (Wildman–Crippen MR) is 134 cm³/mol. The van der Waals surface area contributed by atoms with Crippen molar-refractivity contribution < 1.29 is 24.1 Å². The summed E-state index contributed by atoms with van der Waals surface area (Å²) in [5, 5.41) is 10.6. The molecule has 1 aromatic carbocycles. The highest BCUT2D eigenvalue weighted by Gasteiger charge is 2.54. The molecule has 5 heteroatoms. The molecule has 5 atom stereocenters.